The Kier molecular flexibility index (Phi) is 5.69. The molecule has 0 aliphatic rings. The van der Waals surface area contributed by atoms with Crippen molar-refractivity contribution in [3.63, 3.8) is 0 Å². The summed E-state index contributed by atoms with van der Waals surface area (Å²) in [7, 11) is -6.32. The molecule has 0 bridgehead atoms. The zero-order valence-electron chi connectivity index (χ0n) is 14.8. The molecule has 19 heavy (non-hydrogen) atoms. The van der Waals surface area contributed by atoms with Gasteiger partial charge in [0.15, 0.2) is 16.6 Å². The molecule has 0 amide bonds. The summed E-state index contributed by atoms with van der Waals surface area (Å²) in [5.74, 6) is 0. The standard InChI is InChI=1S/C14H34OSi4/c1-13(16(3,4)5)18(9,10)15-19(11,12)14(2)17(6,7)8/h1-2H2,3-12H3. The van der Waals surface area contributed by atoms with Crippen LogP contribution in [-0.4, -0.2) is 32.8 Å². The van der Waals surface area contributed by atoms with Gasteiger partial charge in [0.2, 0.25) is 0 Å². The summed E-state index contributed by atoms with van der Waals surface area (Å²) >= 11 is 0. The van der Waals surface area contributed by atoms with Crippen LogP contribution in [0, 0.1) is 0 Å². The van der Waals surface area contributed by atoms with Crippen LogP contribution in [0.25, 0.3) is 0 Å². The van der Waals surface area contributed by atoms with Gasteiger partial charge >= 0.3 is 0 Å². The predicted octanol–water partition coefficient (Wildman–Crippen LogP) is 5.36. The molecule has 0 aromatic heterocycles. The van der Waals surface area contributed by atoms with Gasteiger partial charge < -0.3 is 4.12 Å². The van der Waals surface area contributed by atoms with Gasteiger partial charge in [0, 0.05) is 0 Å². The maximum Gasteiger partial charge on any atom is 0.197 e. The van der Waals surface area contributed by atoms with Gasteiger partial charge in [-0.15, -0.1) is 13.2 Å². The van der Waals surface area contributed by atoms with Crippen molar-refractivity contribution in [1.82, 2.24) is 0 Å². The number of hydrogen-bond donors (Lipinski definition) is 0. The van der Waals surface area contributed by atoms with Crippen LogP contribution < -0.4 is 0 Å². The van der Waals surface area contributed by atoms with Crippen molar-refractivity contribution < 1.29 is 4.12 Å². The third-order valence-electron chi connectivity index (χ3n) is 3.77. The summed E-state index contributed by atoms with van der Waals surface area (Å²) in [5.41, 5.74) is 0. The second-order valence-corrected chi connectivity index (χ2v) is 27.9. The average molecular weight is 331 g/mol. The van der Waals surface area contributed by atoms with E-state index in [1.165, 1.54) is 9.64 Å². The molecule has 0 aromatic rings. The Morgan fingerprint density at radius 3 is 0.947 bits per heavy atom. The van der Waals surface area contributed by atoms with E-state index in [0.29, 0.717) is 0 Å². The second kappa shape index (κ2) is 5.60. The fourth-order valence-electron chi connectivity index (χ4n) is 2.57. The van der Waals surface area contributed by atoms with E-state index in [1.54, 1.807) is 0 Å². The Balaban J connectivity index is 5.23. The van der Waals surface area contributed by atoms with E-state index in [-0.39, 0.29) is 0 Å². The number of hydrogen-bond acceptors (Lipinski definition) is 1. The van der Waals surface area contributed by atoms with Crippen LogP contribution in [-0.2, 0) is 4.12 Å². The monoisotopic (exact) mass is 330 g/mol. The molecule has 1 nitrogen and oxygen atoms in total. The molecule has 0 N–H and O–H groups in total. The quantitative estimate of drug-likeness (QED) is 0.596. The first-order chi connectivity index (χ1) is 8.02. The van der Waals surface area contributed by atoms with E-state index in [4.69, 9.17) is 4.12 Å². The first-order valence-electron chi connectivity index (χ1n) is 7.12. The molecule has 0 aliphatic carbocycles. The Bertz CT molecular complexity index is 334. The molecule has 0 saturated carbocycles. The van der Waals surface area contributed by atoms with Gasteiger partial charge in [-0.3, -0.25) is 0 Å². The molecule has 112 valence electrons. The smallest absolute Gasteiger partial charge is 0.197 e. The van der Waals surface area contributed by atoms with Gasteiger partial charge in [0.1, 0.15) is 0 Å². The van der Waals surface area contributed by atoms with Crippen LogP contribution in [0.4, 0.5) is 0 Å². The Labute approximate surface area is 125 Å². The van der Waals surface area contributed by atoms with Crippen LogP contribution in [0.2, 0.25) is 65.5 Å². The summed E-state index contributed by atoms with van der Waals surface area (Å²) in [4.78, 5) is 2.87. The Hall–Kier alpha value is 0.308. The van der Waals surface area contributed by atoms with Gasteiger partial charge in [-0.1, -0.05) is 48.9 Å². The van der Waals surface area contributed by atoms with Crippen molar-refractivity contribution in [2.24, 2.45) is 0 Å². The van der Waals surface area contributed by atoms with Crippen LogP contribution in [0.15, 0.2) is 22.8 Å². The van der Waals surface area contributed by atoms with Gasteiger partial charge in [-0.05, 0) is 26.2 Å². The Morgan fingerprint density at radius 1 is 0.579 bits per heavy atom. The van der Waals surface area contributed by atoms with Crippen LogP contribution >= 0.6 is 0 Å². The lowest BCUT2D eigenvalue weighted by atomic mass is 11.2. The lowest BCUT2D eigenvalue weighted by Gasteiger charge is -2.42. The maximum atomic E-state index is 6.75. The molecule has 0 aromatic carbocycles. The van der Waals surface area contributed by atoms with Gasteiger partial charge in [-0.2, -0.15) is 0 Å². The molecule has 0 radical (unpaired) electrons. The third kappa shape index (κ3) is 5.30. The zero-order valence-corrected chi connectivity index (χ0v) is 18.8. The third-order valence-corrected chi connectivity index (χ3v) is 22.5. The predicted molar refractivity (Wildman–Crippen MR) is 101 cm³/mol. The molecule has 0 rings (SSSR count). The van der Waals surface area contributed by atoms with E-state index >= 15 is 0 Å². The van der Waals surface area contributed by atoms with Crippen molar-refractivity contribution in [2.75, 3.05) is 0 Å². The lowest BCUT2D eigenvalue weighted by Crippen LogP contribution is -2.54. The minimum Gasteiger partial charge on any atom is -0.450 e. The van der Waals surface area contributed by atoms with E-state index in [1.807, 2.05) is 0 Å². The fourth-order valence-corrected chi connectivity index (χ4v) is 24.0. The Morgan fingerprint density at radius 2 is 0.789 bits per heavy atom. The highest BCUT2D eigenvalue weighted by Gasteiger charge is 2.43. The van der Waals surface area contributed by atoms with Gasteiger partial charge in [0.25, 0.3) is 0 Å². The topological polar surface area (TPSA) is 9.23 Å². The molecule has 0 saturated heterocycles. The molecular weight excluding hydrogens is 296 g/mol. The fraction of sp³-hybridized carbons (Fsp3) is 0.714. The summed E-state index contributed by atoms with van der Waals surface area (Å²) in [6.07, 6.45) is 0. The lowest BCUT2D eigenvalue weighted by molar-refractivity contribution is 0.567. The summed E-state index contributed by atoms with van der Waals surface area (Å²) < 4.78 is 6.75. The molecular formula is C14H34OSi4. The summed E-state index contributed by atoms with van der Waals surface area (Å²) in [6.45, 7) is 32.3. The number of rotatable bonds is 6. The van der Waals surface area contributed by atoms with Gasteiger partial charge in [-0.25, -0.2) is 0 Å². The van der Waals surface area contributed by atoms with E-state index < -0.39 is 32.8 Å². The summed E-state index contributed by atoms with van der Waals surface area (Å²) in [5, 5.41) is 0. The maximum absolute atomic E-state index is 6.75. The second-order valence-electron chi connectivity index (χ2n) is 8.58. The van der Waals surface area contributed by atoms with Crippen molar-refractivity contribution in [1.29, 1.82) is 0 Å². The first kappa shape index (κ1) is 19.3. The first-order valence-corrected chi connectivity index (χ1v) is 19.9. The van der Waals surface area contributed by atoms with E-state index in [0.717, 1.165) is 0 Å². The minimum atomic E-state index is -1.83. The molecule has 0 fully saturated rings. The SMILES string of the molecule is C=C([Si](C)(C)C)[Si](C)(C)O[Si](C)(C)C(=C)[Si](C)(C)C. The molecule has 0 aliphatic heterocycles. The van der Waals surface area contributed by atoms with Crippen molar-refractivity contribution >= 4 is 32.8 Å². The molecule has 0 unspecified atom stereocenters. The molecule has 0 atom stereocenters. The van der Waals surface area contributed by atoms with E-state index in [9.17, 15) is 0 Å². The van der Waals surface area contributed by atoms with Crippen molar-refractivity contribution in [3.8, 4) is 0 Å². The van der Waals surface area contributed by atoms with Crippen LogP contribution in [0.3, 0.4) is 0 Å². The largest absolute Gasteiger partial charge is 0.450 e. The molecule has 5 heteroatoms. The highest BCUT2D eigenvalue weighted by atomic mass is 28.5. The molecule has 0 heterocycles. The minimum absolute atomic E-state index is 1.33. The molecule has 0 spiro atoms. The normalized spacial score (nSPS) is 14.4. The highest BCUT2D eigenvalue weighted by molar-refractivity contribution is 7.09. The van der Waals surface area contributed by atoms with Crippen molar-refractivity contribution in [2.45, 2.75) is 65.5 Å². The van der Waals surface area contributed by atoms with Crippen LogP contribution in [0.5, 0.6) is 0 Å². The average Bonchev–Trinajstić information content (AvgIpc) is 2.10. The highest BCUT2D eigenvalue weighted by Crippen LogP contribution is 2.32. The van der Waals surface area contributed by atoms with Gasteiger partial charge in [0.05, 0.1) is 16.1 Å². The van der Waals surface area contributed by atoms with Crippen molar-refractivity contribution in [3.05, 3.63) is 22.8 Å². The van der Waals surface area contributed by atoms with E-state index in [2.05, 4.69) is 78.6 Å². The van der Waals surface area contributed by atoms with Crippen LogP contribution in [0.1, 0.15) is 0 Å². The zero-order chi connectivity index (χ0) is 15.9. The summed E-state index contributed by atoms with van der Waals surface area (Å²) in [6, 6.07) is 0.